The standard InChI is InChI=1S/C14H19NO2.C13H14O.CH4/c1-10(2)12-4-6-13(7-5-12)14(17)15-9-8-11(3)16;1-10(2)4-5-12-6-8-13(9-7-12)11(3)14;/h4-7,10H,8-9H2,1-3H3,(H,15,17);6-10H,1-3H3;1H4. The maximum absolute atomic E-state index is 11.7. The molecule has 0 aliphatic heterocycles. The number of hydrogen-bond acceptors (Lipinski definition) is 3. The van der Waals surface area contributed by atoms with E-state index >= 15 is 0 Å². The van der Waals surface area contributed by atoms with Gasteiger partial charge < -0.3 is 5.32 Å². The number of amides is 1. The van der Waals surface area contributed by atoms with Crippen LogP contribution in [-0.4, -0.2) is 24.0 Å². The van der Waals surface area contributed by atoms with E-state index in [4.69, 9.17) is 0 Å². The Labute approximate surface area is 193 Å². The Hall–Kier alpha value is -3.19. The first-order chi connectivity index (χ1) is 14.6. The average molecular weight is 436 g/mol. The van der Waals surface area contributed by atoms with Gasteiger partial charge in [0.15, 0.2) is 5.78 Å². The number of nitrogens with one attached hydrogen (secondary N) is 1. The zero-order valence-corrected chi connectivity index (χ0v) is 19.4. The van der Waals surface area contributed by atoms with Crippen molar-refractivity contribution >= 4 is 17.5 Å². The molecule has 2 aromatic rings. The van der Waals surface area contributed by atoms with E-state index in [-0.39, 0.29) is 24.9 Å². The zero-order valence-electron chi connectivity index (χ0n) is 19.4. The van der Waals surface area contributed by atoms with Gasteiger partial charge in [-0.25, -0.2) is 0 Å². The molecule has 0 bridgehead atoms. The van der Waals surface area contributed by atoms with Gasteiger partial charge in [0.2, 0.25) is 0 Å². The molecule has 32 heavy (non-hydrogen) atoms. The highest BCUT2D eigenvalue weighted by atomic mass is 16.2. The van der Waals surface area contributed by atoms with Gasteiger partial charge in [-0.3, -0.25) is 14.4 Å². The van der Waals surface area contributed by atoms with Gasteiger partial charge in [-0.1, -0.05) is 71.2 Å². The van der Waals surface area contributed by atoms with Crippen LogP contribution in [0.5, 0.6) is 0 Å². The number of carbonyl (C=O) groups excluding carboxylic acids is 3. The zero-order chi connectivity index (χ0) is 23.4. The number of benzene rings is 2. The number of carbonyl (C=O) groups is 3. The summed E-state index contributed by atoms with van der Waals surface area (Å²) in [4.78, 5) is 33.4. The number of Topliss-reactive ketones (excluding diaryl/α,β-unsaturated/α-hetero) is 2. The molecular formula is C28H37NO3. The molecule has 1 amide bonds. The molecule has 0 aliphatic rings. The highest BCUT2D eigenvalue weighted by Crippen LogP contribution is 2.14. The van der Waals surface area contributed by atoms with E-state index in [2.05, 4.69) is 44.9 Å². The number of ketones is 2. The van der Waals surface area contributed by atoms with Crippen molar-refractivity contribution in [3.05, 3.63) is 70.8 Å². The average Bonchev–Trinajstić information content (AvgIpc) is 2.72. The van der Waals surface area contributed by atoms with Crippen LogP contribution in [0.25, 0.3) is 0 Å². The lowest BCUT2D eigenvalue weighted by molar-refractivity contribution is -0.116. The molecule has 0 aromatic heterocycles. The van der Waals surface area contributed by atoms with Gasteiger partial charge in [0.25, 0.3) is 5.91 Å². The molecule has 2 aromatic carbocycles. The Morgan fingerprint density at radius 2 is 1.38 bits per heavy atom. The van der Waals surface area contributed by atoms with E-state index < -0.39 is 0 Å². The van der Waals surface area contributed by atoms with Gasteiger partial charge in [-0.05, 0) is 49.6 Å². The fraction of sp³-hybridized carbons (Fsp3) is 0.393. The van der Waals surface area contributed by atoms with Crippen molar-refractivity contribution in [1.82, 2.24) is 5.32 Å². The van der Waals surface area contributed by atoms with E-state index in [1.165, 1.54) is 12.5 Å². The second-order valence-electron chi connectivity index (χ2n) is 8.04. The molecule has 4 heteroatoms. The van der Waals surface area contributed by atoms with Crippen LogP contribution in [0.1, 0.15) is 93.2 Å². The normalized spacial score (nSPS) is 9.62. The van der Waals surface area contributed by atoms with Gasteiger partial charge in [0, 0.05) is 35.6 Å². The smallest absolute Gasteiger partial charge is 0.251 e. The molecule has 0 spiro atoms. The lowest BCUT2D eigenvalue weighted by Crippen LogP contribution is -2.25. The Morgan fingerprint density at radius 1 is 0.844 bits per heavy atom. The van der Waals surface area contributed by atoms with E-state index in [1.807, 2.05) is 48.5 Å². The number of hydrogen-bond donors (Lipinski definition) is 1. The third-order valence-corrected chi connectivity index (χ3v) is 4.40. The van der Waals surface area contributed by atoms with Gasteiger partial charge >= 0.3 is 0 Å². The molecule has 0 unspecified atom stereocenters. The fourth-order valence-corrected chi connectivity index (χ4v) is 2.49. The molecule has 4 nitrogen and oxygen atoms in total. The third kappa shape index (κ3) is 11.3. The van der Waals surface area contributed by atoms with E-state index in [0.29, 0.717) is 30.4 Å². The van der Waals surface area contributed by atoms with Crippen molar-refractivity contribution in [2.24, 2.45) is 5.92 Å². The third-order valence-electron chi connectivity index (χ3n) is 4.40. The second-order valence-corrected chi connectivity index (χ2v) is 8.04. The second kappa shape index (κ2) is 14.8. The summed E-state index contributed by atoms with van der Waals surface area (Å²) in [5.74, 6) is 7.02. The Bertz CT molecular complexity index is 927. The van der Waals surface area contributed by atoms with Crippen molar-refractivity contribution in [1.29, 1.82) is 0 Å². The maximum atomic E-state index is 11.7. The van der Waals surface area contributed by atoms with Gasteiger partial charge in [0.05, 0.1) is 0 Å². The summed E-state index contributed by atoms with van der Waals surface area (Å²) in [6.07, 6.45) is 0.385. The molecule has 0 saturated heterocycles. The molecule has 2 rings (SSSR count). The molecule has 172 valence electrons. The predicted octanol–water partition coefficient (Wildman–Crippen LogP) is 6.05. The van der Waals surface area contributed by atoms with Crippen LogP contribution in [0.3, 0.4) is 0 Å². The molecule has 0 fully saturated rings. The van der Waals surface area contributed by atoms with E-state index in [9.17, 15) is 14.4 Å². The van der Waals surface area contributed by atoms with Crippen LogP contribution in [0.15, 0.2) is 48.5 Å². The summed E-state index contributed by atoms with van der Waals surface area (Å²) in [6, 6.07) is 14.9. The molecule has 0 heterocycles. The van der Waals surface area contributed by atoms with Crippen LogP contribution in [0.4, 0.5) is 0 Å². The van der Waals surface area contributed by atoms with E-state index in [0.717, 1.165) is 11.1 Å². The minimum absolute atomic E-state index is 0. The van der Waals surface area contributed by atoms with Gasteiger partial charge in [-0.2, -0.15) is 0 Å². The highest BCUT2D eigenvalue weighted by Gasteiger charge is 2.06. The first-order valence-electron chi connectivity index (χ1n) is 10.6. The lowest BCUT2D eigenvalue weighted by atomic mass is 10.0. The summed E-state index contributed by atoms with van der Waals surface area (Å²) >= 11 is 0. The number of rotatable bonds is 6. The first-order valence-corrected chi connectivity index (χ1v) is 10.6. The fourth-order valence-electron chi connectivity index (χ4n) is 2.49. The van der Waals surface area contributed by atoms with Crippen LogP contribution in [0.2, 0.25) is 0 Å². The minimum Gasteiger partial charge on any atom is -0.352 e. The van der Waals surface area contributed by atoms with Crippen molar-refractivity contribution in [3.63, 3.8) is 0 Å². The molecule has 0 radical (unpaired) electrons. The Morgan fingerprint density at radius 3 is 1.81 bits per heavy atom. The molecular weight excluding hydrogens is 398 g/mol. The topological polar surface area (TPSA) is 63.2 Å². The van der Waals surface area contributed by atoms with Crippen molar-refractivity contribution in [2.75, 3.05) is 6.54 Å². The molecule has 1 N–H and O–H groups in total. The van der Waals surface area contributed by atoms with E-state index in [1.54, 1.807) is 6.92 Å². The Kier molecular flexibility index (Phi) is 13.3. The lowest BCUT2D eigenvalue weighted by Gasteiger charge is -2.07. The quantitative estimate of drug-likeness (QED) is 0.444. The van der Waals surface area contributed by atoms with Crippen molar-refractivity contribution in [2.45, 2.75) is 61.3 Å². The largest absolute Gasteiger partial charge is 0.352 e. The Balaban J connectivity index is 0.000000592. The van der Waals surface area contributed by atoms with Crippen molar-refractivity contribution < 1.29 is 14.4 Å². The van der Waals surface area contributed by atoms with Gasteiger partial charge in [0.1, 0.15) is 5.78 Å². The summed E-state index contributed by atoms with van der Waals surface area (Å²) in [5.41, 5.74) is 3.55. The predicted molar refractivity (Wildman–Crippen MR) is 133 cm³/mol. The monoisotopic (exact) mass is 435 g/mol. The van der Waals surface area contributed by atoms with Crippen LogP contribution < -0.4 is 5.32 Å². The minimum atomic E-state index is -0.124. The summed E-state index contributed by atoms with van der Waals surface area (Å²) < 4.78 is 0. The first kappa shape index (κ1) is 28.8. The SMILES string of the molecule is C.CC(=O)CCNC(=O)c1ccc(C(C)C)cc1.CC(=O)c1ccc(C#CC(C)C)cc1. The molecule has 0 atom stereocenters. The summed E-state index contributed by atoms with van der Waals surface area (Å²) in [7, 11) is 0. The molecule has 0 saturated carbocycles. The summed E-state index contributed by atoms with van der Waals surface area (Å²) in [5, 5.41) is 2.72. The maximum Gasteiger partial charge on any atom is 0.251 e. The summed E-state index contributed by atoms with van der Waals surface area (Å²) in [6.45, 7) is 11.8. The van der Waals surface area contributed by atoms with Crippen molar-refractivity contribution in [3.8, 4) is 11.8 Å². The van der Waals surface area contributed by atoms with Crippen LogP contribution in [0, 0.1) is 17.8 Å². The van der Waals surface area contributed by atoms with Gasteiger partial charge in [-0.15, -0.1) is 0 Å². The molecule has 0 aliphatic carbocycles. The van der Waals surface area contributed by atoms with Crippen LogP contribution >= 0.6 is 0 Å². The highest BCUT2D eigenvalue weighted by molar-refractivity contribution is 5.94. The van der Waals surface area contributed by atoms with Crippen LogP contribution in [-0.2, 0) is 4.79 Å².